The molecule has 0 radical (unpaired) electrons. The Morgan fingerprint density at radius 1 is 1.21 bits per heavy atom. The molecule has 0 N–H and O–H groups in total. The third-order valence-corrected chi connectivity index (χ3v) is 3.32. The maximum absolute atomic E-state index is 12.2. The van der Waals surface area contributed by atoms with Crippen molar-refractivity contribution in [3.63, 3.8) is 0 Å². The van der Waals surface area contributed by atoms with Crippen LogP contribution in [0.25, 0.3) is 0 Å². The number of benzene rings is 1. The van der Waals surface area contributed by atoms with Gasteiger partial charge < -0.3 is 4.74 Å². The van der Waals surface area contributed by atoms with E-state index in [1.807, 2.05) is 38.1 Å². The summed E-state index contributed by atoms with van der Waals surface area (Å²) in [6, 6.07) is 7.48. The van der Waals surface area contributed by atoms with Gasteiger partial charge >= 0.3 is 0 Å². The quantitative estimate of drug-likeness (QED) is 0.572. The van der Waals surface area contributed by atoms with Crippen molar-refractivity contribution in [1.29, 1.82) is 0 Å². The number of hydrogen-bond acceptors (Lipinski definition) is 2. The Bertz CT molecular complexity index is 455. The van der Waals surface area contributed by atoms with Crippen molar-refractivity contribution in [3.8, 4) is 5.75 Å². The number of ether oxygens (including phenoxy) is 1. The van der Waals surface area contributed by atoms with E-state index in [1.54, 1.807) is 0 Å². The Hall–Kier alpha value is -1.57. The summed E-state index contributed by atoms with van der Waals surface area (Å²) < 4.78 is 5.58. The van der Waals surface area contributed by atoms with E-state index in [2.05, 4.69) is 6.08 Å². The van der Waals surface area contributed by atoms with Gasteiger partial charge in [0.15, 0.2) is 5.78 Å². The van der Waals surface area contributed by atoms with Crippen molar-refractivity contribution in [2.45, 2.75) is 52.1 Å². The molecule has 0 bridgehead atoms. The smallest absolute Gasteiger partial charge is 0.166 e. The highest BCUT2D eigenvalue weighted by Gasteiger charge is 2.11. The molecule has 0 amide bonds. The van der Waals surface area contributed by atoms with Crippen LogP contribution < -0.4 is 4.74 Å². The molecule has 0 heterocycles. The molecule has 1 aliphatic rings. The van der Waals surface area contributed by atoms with Gasteiger partial charge in [0.2, 0.25) is 0 Å². The number of rotatable bonds is 5. The van der Waals surface area contributed by atoms with Crippen molar-refractivity contribution in [2.75, 3.05) is 0 Å². The summed E-state index contributed by atoms with van der Waals surface area (Å²) in [6.07, 6.45) is 7.67. The molecular weight excluding hydrogens is 236 g/mol. The van der Waals surface area contributed by atoms with E-state index in [1.165, 1.54) is 18.4 Å². The monoisotopic (exact) mass is 258 g/mol. The second-order valence-corrected chi connectivity index (χ2v) is 5.40. The third-order valence-electron chi connectivity index (χ3n) is 3.32. The zero-order chi connectivity index (χ0) is 13.7. The molecule has 102 valence electrons. The van der Waals surface area contributed by atoms with Gasteiger partial charge in [-0.2, -0.15) is 0 Å². The molecule has 2 nitrogen and oxygen atoms in total. The van der Waals surface area contributed by atoms with Crippen LogP contribution in [0.1, 0.15) is 56.3 Å². The van der Waals surface area contributed by atoms with Crippen LogP contribution in [-0.4, -0.2) is 11.9 Å². The fourth-order valence-electron chi connectivity index (χ4n) is 2.37. The number of hydrogen-bond donors (Lipinski definition) is 0. The Morgan fingerprint density at radius 2 is 1.95 bits per heavy atom. The average molecular weight is 258 g/mol. The molecule has 0 spiro atoms. The molecule has 0 aromatic heterocycles. The van der Waals surface area contributed by atoms with E-state index in [4.69, 9.17) is 4.74 Å². The highest BCUT2D eigenvalue weighted by molar-refractivity contribution is 5.97. The van der Waals surface area contributed by atoms with E-state index < -0.39 is 0 Å². The van der Waals surface area contributed by atoms with E-state index in [-0.39, 0.29) is 11.9 Å². The molecule has 19 heavy (non-hydrogen) atoms. The highest BCUT2D eigenvalue weighted by Crippen LogP contribution is 2.22. The van der Waals surface area contributed by atoms with Crippen LogP contribution in [0.15, 0.2) is 35.9 Å². The standard InChI is InChI=1S/C17H22O2/c1-13(2)19-16-10-8-15(9-11-16)17(18)12-14-6-4-3-5-7-14/h6,8-11,13H,3-5,7,12H2,1-2H3. The van der Waals surface area contributed by atoms with Gasteiger partial charge in [-0.25, -0.2) is 0 Å². The maximum Gasteiger partial charge on any atom is 0.166 e. The molecule has 2 rings (SSSR count). The maximum atomic E-state index is 12.2. The minimum Gasteiger partial charge on any atom is -0.491 e. The van der Waals surface area contributed by atoms with Crippen LogP contribution in [0.4, 0.5) is 0 Å². The molecule has 0 fully saturated rings. The van der Waals surface area contributed by atoms with Gasteiger partial charge in [0.1, 0.15) is 5.75 Å². The summed E-state index contributed by atoms with van der Waals surface area (Å²) >= 11 is 0. The lowest BCUT2D eigenvalue weighted by Gasteiger charge is -2.12. The first-order valence-corrected chi connectivity index (χ1v) is 7.13. The van der Waals surface area contributed by atoms with E-state index in [9.17, 15) is 4.79 Å². The lowest BCUT2D eigenvalue weighted by Crippen LogP contribution is -2.06. The van der Waals surface area contributed by atoms with E-state index in [0.717, 1.165) is 24.2 Å². The summed E-state index contributed by atoms with van der Waals surface area (Å²) in [5, 5.41) is 0. The number of Topliss-reactive ketones (excluding diaryl/α,β-unsaturated/α-hetero) is 1. The zero-order valence-corrected chi connectivity index (χ0v) is 11.8. The fraction of sp³-hybridized carbons (Fsp3) is 0.471. The molecule has 0 atom stereocenters. The number of carbonyl (C=O) groups excluding carboxylic acids is 1. The van der Waals surface area contributed by atoms with Gasteiger partial charge in [-0.3, -0.25) is 4.79 Å². The van der Waals surface area contributed by atoms with Gasteiger partial charge in [0, 0.05) is 12.0 Å². The minimum atomic E-state index is 0.161. The Labute approximate surface area is 115 Å². The lowest BCUT2D eigenvalue weighted by molar-refractivity contribution is 0.0991. The Kier molecular flexibility index (Phi) is 4.78. The molecule has 0 saturated carbocycles. The summed E-state index contributed by atoms with van der Waals surface area (Å²) in [5.74, 6) is 1.03. The Morgan fingerprint density at radius 3 is 2.53 bits per heavy atom. The molecule has 2 heteroatoms. The predicted molar refractivity (Wildman–Crippen MR) is 77.7 cm³/mol. The van der Waals surface area contributed by atoms with Crippen molar-refractivity contribution < 1.29 is 9.53 Å². The predicted octanol–water partition coefficient (Wildman–Crippen LogP) is 4.55. The minimum absolute atomic E-state index is 0.161. The highest BCUT2D eigenvalue weighted by atomic mass is 16.5. The van der Waals surface area contributed by atoms with Crippen molar-refractivity contribution in [3.05, 3.63) is 41.5 Å². The second-order valence-electron chi connectivity index (χ2n) is 5.40. The average Bonchev–Trinajstić information content (AvgIpc) is 2.40. The summed E-state index contributed by atoms with van der Waals surface area (Å²) in [6.45, 7) is 3.99. The molecule has 1 aromatic carbocycles. The van der Waals surface area contributed by atoms with Gasteiger partial charge in [0.05, 0.1) is 6.10 Å². The van der Waals surface area contributed by atoms with Crippen LogP contribution in [0, 0.1) is 0 Å². The topological polar surface area (TPSA) is 26.3 Å². The van der Waals surface area contributed by atoms with Gasteiger partial charge in [-0.05, 0) is 63.8 Å². The number of carbonyl (C=O) groups is 1. The van der Waals surface area contributed by atoms with E-state index >= 15 is 0 Å². The molecule has 1 aromatic rings. The normalized spacial score (nSPS) is 15.2. The van der Waals surface area contributed by atoms with Gasteiger partial charge in [-0.15, -0.1) is 0 Å². The van der Waals surface area contributed by atoms with Crippen LogP contribution in [0.5, 0.6) is 5.75 Å². The lowest BCUT2D eigenvalue weighted by atomic mass is 9.94. The van der Waals surface area contributed by atoms with Crippen molar-refractivity contribution >= 4 is 5.78 Å². The number of ketones is 1. The first-order chi connectivity index (χ1) is 9.15. The van der Waals surface area contributed by atoms with Crippen LogP contribution in [0.2, 0.25) is 0 Å². The molecular formula is C17H22O2. The SMILES string of the molecule is CC(C)Oc1ccc(C(=O)CC2=CCCCC2)cc1. The Balaban J connectivity index is 1.97. The second kappa shape index (κ2) is 6.55. The summed E-state index contributed by atoms with van der Waals surface area (Å²) in [5.41, 5.74) is 2.08. The largest absolute Gasteiger partial charge is 0.491 e. The molecule has 1 aliphatic carbocycles. The zero-order valence-electron chi connectivity index (χ0n) is 11.8. The number of allylic oxidation sites excluding steroid dienone is 2. The van der Waals surface area contributed by atoms with Crippen LogP contribution in [-0.2, 0) is 0 Å². The fourth-order valence-corrected chi connectivity index (χ4v) is 2.37. The van der Waals surface area contributed by atoms with Crippen LogP contribution >= 0.6 is 0 Å². The first kappa shape index (κ1) is 13.9. The van der Waals surface area contributed by atoms with Gasteiger partial charge in [-0.1, -0.05) is 11.6 Å². The molecule has 0 unspecified atom stereocenters. The summed E-state index contributed by atoms with van der Waals surface area (Å²) in [7, 11) is 0. The third kappa shape index (κ3) is 4.23. The molecule has 0 saturated heterocycles. The van der Waals surface area contributed by atoms with Crippen molar-refractivity contribution in [1.82, 2.24) is 0 Å². The van der Waals surface area contributed by atoms with Gasteiger partial charge in [0.25, 0.3) is 0 Å². The summed E-state index contributed by atoms with van der Waals surface area (Å²) in [4.78, 5) is 12.2. The van der Waals surface area contributed by atoms with Crippen LogP contribution in [0.3, 0.4) is 0 Å². The molecule has 0 aliphatic heterocycles. The first-order valence-electron chi connectivity index (χ1n) is 7.13. The van der Waals surface area contributed by atoms with Crippen molar-refractivity contribution in [2.24, 2.45) is 0 Å². The van der Waals surface area contributed by atoms with E-state index in [0.29, 0.717) is 6.42 Å².